The highest BCUT2D eigenvalue weighted by Crippen LogP contribution is 2.28. The number of fused-ring (bicyclic) bond motifs is 1. The highest BCUT2D eigenvalue weighted by atomic mass is 16.5. The standard InChI is InChI=1S/C17H20N4O2/c1-20-16(15-11-12-5-3-4-6-14(12)23-15)18-19-17(20)21-9-7-13(22-2)8-10-21/h3-6,11,13H,7-10H2,1-2H3. The summed E-state index contributed by atoms with van der Waals surface area (Å²) in [5, 5.41) is 9.79. The van der Waals surface area contributed by atoms with Gasteiger partial charge in [0, 0.05) is 32.6 Å². The van der Waals surface area contributed by atoms with Gasteiger partial charge in [0.05, 0.1) is 6.10 Å². The fourth-order valence-electron chi connectivity index (χ4n) is 3.19. The molecule has 0 atom stereocenters. The van der Waals surface area contributed by atoms with Crippen molar-refractivity contribution >= 4 is 16.9 Å². The maximum atomic E-state index is 5.91. The van der Waals surface area contributed by atoms with Crippen LogP contribution in [-0.2, 0) is 11.8 Å². The Morgan fingerprint density at radius 1 is 1.17 bits per heavy atom. The summed E-state index contributed by atoms with van der Waals surface area (Å²) < 4.78 is 13.3. The first-order chi connectivity index (χ1) is 11.3. The Bertz CT molecular complexity index is 782. The quantitative estimate of drug-likeness (QED) is 0.744. The van der Waals surface area contributed by atoms with Crippen molar-refractivity contribution in [1.29, 1.82) is 0 Å². The van der Waals surface area contributed by atoms with Crippen molar-refractivity contribution in [3.05, 3.63) is 30.3 Å². The van der Waals surface area contributed by atoms with E-state index >= 15 is 0 Å². The molecule has 1 aliphatic rings. The molecule has 0 spiro atoms. The average Bonchev–Trinajstić information content (AvgIpc) is 3.18. The third-order valence-electron chi connectivity index (χ3n) is 4.56. The van der Waals surface area contributed by atoms with E-state index in [-0.39, 0.29) is 0 Å². The fraction of sp³-hybridized carbons (Fsp3) is 0.412. The number of ether oxygens (including phenoxy) is 1. The maximum absolute atomic E-state index is 5.91. The summed E-state index contributed by atoms with van der Waals surface area (Å²) in [6.07, 6.45) is 2.39. The maximum Gasteiger partial charge on any atom is 0.227 e. The molecular formula is C17H20N4O2. The van der Waals surface area contributed by atoms with Crippen molar-refractivity contribution in [2.24, 2.45) is 7.05 Å². The molecule has 6 heteroatoms. The Morgan fingerprint density at radius 3 is 2.70 bits per heavy atom. The van der Waals surface area contributed by atoms with Gasteiger partial charge >= 0.3 is 0 Å². The largest absolute Gasteiger partial charge is 0.453 e. The number of furan rings is 1. The lowest BCUT2D eigenvalue weighted by atomic mass is 10.1. The van der Waals surface area contributed by atoms with Crippen LogP contribution in [0.4, 0.5) is 5.95 Å². The zero-order valence-corrected chi connectivity index (χ0v) is 13.4. The van der Waals surface area contributed by atoms with E-state index in [0.29, 0.717) is 6.10 Å². The number of rotatable bonds is 3. The van der Waals surface area contributed by atoms with Crippen LogP contribution < -0.4 is 4.90 Å². The van der Waals surface area contributed by atoms with Crippen molar-refractivity contribution < 1.29 is 9.15 Å². The molecule has 0 amide bonds. The first kappa shape index (κ1) is 14.3. The molecule has 1 saturated heterocycles. The van der Waals surface area contributed by atoms with Crippen LogP contribution in [0.1, 0.15) is 12.8 Å². The number of hydrogen-bond donors (Lipinski definition) is 0. The molecule has 0 radical (unpaired) electrons. The summed E-state index contributed by atoms with van der Waals surface area (Å²) in [6, 6.07) is 9.99. The van der Waals surface area contributed by atoms with Gasteiger partial charge < -0.3 is 14.1 Å². The molecule has 0 unspecified atom stereocenters. The van der Waals surface area contributed by atoms with Crippen molar-refractivity contribution in [3.8, 4) is 11.6 Å². The van der Waals surface area contributed by atoms with Gasteiger partial charge in [-0.2, -0.15) is 0 Å². The summed E-state index contributed by atoms with van der Waals surface area (Å²) in [5.41, 5.74) is 0.868. The molecule has 23 heavy (non-hydrogen) atoms. The Hall–Kier alpha value is -2.34. The summed E-state index contributed by atoms with van der Waals surface area (Å²) in [7, 11) is 3.77. The highest BCUT2D eigenvalue weighted by molar-refractivity contribution is 5.81. The minimum Gasteiger partial charge on any atom is -0.453 e. The molecular weight excluding hydrogens is 292 g/mol. The Kier molecular flexibility index (Phi) is 3.53. The summed E-state index contributed by atoms with van der Waals surface area (Å²) in [4.78, 5) is 2.26. The van der Waals surface area contributed by atoms with Crippen LogP contribution in [0.3, 0.4) is 0 Å². The van der Waals surface area contributed by atoms with Crippen molar-refractivity contribution in [2.45, 2.75) is 18.9 Å². The highest BCUT2D eigenvalue weighted by Gasteiger charge is 2.24. The van der Waals surface area contributed by atoms with Gasteiger partial charge in [-0.1, -0.05) is 18.2 Å². The molecule has 2 aromatic heterocycles. The molecule has 0 N–H and O–H groups in total. The second-order valence-corrected chi connectivity index (χ2v) is 5.95. The van der Waals surface area contributed by atoms with E-state index in [9.17, 15) is 0 Å². The van der Waals surface area contributed by atoms with E-state index < -0.39 is 0 Å². The lowest BCUT2D eigenvalue weighted by Gasteiger charge is -2.31. The monoisotopic (exact) mass is 312 g/mol. The van der Waals surface area contributed by atoms with Gasteiger partial charge in [-0.25, -0.2) is 0 Å². The van der Waals surface area contributed by atoms with Crippen LogP contribution in [0.5, 0.6) is 0 Å². The molecule has 6 nitrogen and oxygen atoms in total. The number of piperidine rings is 1. The molecule has 120 valence electrons. The van der Waals surface area contributed by atoms with Gasteiger partial charge in [0.2, 0.25) is 11.8 Å². The lowest BCUT2D eigenvalue weighted by Crippen LogP contribution is -2.38. The molecule has 0 saturated carbocycles. The van der Waals surface area contributed by atoms with Gasteiger partial charge in [-0.05, 0) is 25.0 Å². The Labute approximate surface area is 134 Å². The average molecular weight is 312 g/mol. The lowest BCUT2D eigenvalue weighted by molar-refractivity contribution is 0.0815. The predicted octanol–water partition coefficient (Wildman–Crippen LogP) is 2.84. The van der Waals surface area contributed by atoms with Gasteiger partial charge in [-0.3, -0.25) is 4.57 Å². The Balaban J connectivity index is 1.63. The molecule has 4 rings (SSSR count). The SMILES string of the molecule is COC1CCN(c2nnc(-c3cc4ccccc4o3)n2C)CC1. The normalized spacial score (nSPS) is 16.3. The topological polar surface area (TPSA) is 56.3 Å². The van der Waals surface area contributed by atoms with Gasteiger partial charge in [0.15, 0.2) is 5.76 Å². The summed E-state index contributed by atoms with van der Waals surface area (Å²) >= 11 is 0. The van der Waals surface area contributed by atoms with E-state index in [1.54, 1.807) is 7.11 Å². The van der Waals surface area contributed by atoms with Crippen LogP contribution >= 0.6 is 0 Å². The first-order valence-electron chi connectivity index (χ1n) is 7.92. The molecule has 1 aliphatic heterocycles. The van der Waals surface area contributed by atoms with Crippen LogP contribution in [0.2, 0.25) is 0 Å². The fourth-order valence-corrected chi connectivity index (χ4v) is 3.19. The number of anilines is 1. The molecule has 0 bridgehead atoms. The second kappa shape index (κ2) is 5.70. The zero-order chi connectivity index (χ0) is 15.8. The molecule has 1 aromatic carbocycles. The molecule has 1 fully saturated rings. The van der Waals surface area contributed by atoms with Gasteiger partial charge in [0.1, 0.15) is 5.58 Å². The summed E-state index contributed by atoms with van der Waals surface area (Å²) in [5.74, 6) is 2.39. The second-order valence-electron chi connectivity index (χ2n) is 5.95. The minimum atomic E-state index is 0.356. The number of hydrogen-bond acceptors (Lipinski definition) is 5. The van der Waals surface area contributed by atoms with E-state index in [2.05, 4.69) is 15.1 Å². The third kappa shape index (κ3) is 2.49. The Morgan fingerprint density at radius 2 is 1.96 bits per heavy atom. The van der Waals surface area contributed by atoms with Gasteiger partial charge in [-0.15, -0.1) is 10.2 Å². The number of benzene rings is 1. The molecule has 3 heterocycles. The van der Waals surface area contributed by atoms with Crippen molar-refractivity contribution in [2.75, 3.05) is 25.1 Å². The first-order valence-corrected chi connectivity index (χ1v) is 7.92. The van der Waals surface area contributed by atoms with Crippen LogP contribution in [0.25, 0.3) is 22.6 Å². The zero-order valence-electron chi connectivity index (χ0n) is 13.4. The van der Waals surface area contributed by atoms with E-state index in [1.807, 2.05) is 41.9 Å². The van der Waals surface area contributed by atoms with Crippen LogP contribution in [-0.4, -0.2) is 41.1 Å². The third-order valence-corrected chi connectivity index (χ3v) is 4.56. The number of aromatic nitrogens is 3. The van der Waals surface area contributed by atoms with Crippen LogP contribution in [0.15, 0.2) is 34.7 Å². The van der Waals surface area contributed by atoms with Crippen molar-refractivity contribution in [1.82, 2.24) is 14.8 Å². The minimum absolute atomic E-state index is 0.356. The van der Waals surface area contributed by atoms with E-state index in [4.69, 9.17) is 9.15 Å². The summed E-state index contributed by atoms with van der Waals surface area (Å²) in [6.45, 7) is 1.87. The predicted molar refractivity (Wildman–Crippen MR) is 88.5 cm³/mol. The molecule has 0 aliphatic carbocycles. The number of nitrogens with zero attached hydrogens (tertiary/aromatic N) is 4. The van der Waals surface area contributed by atoms with Gasteiger partial charge in [0.25, 0.3) is 0 Å². The number of para-hydroxylation sites is 1. The number of methoxy groups -OCH3 is 1. The van der Waals surface area contributed by atoms with Crippen LogP contribution in [0, 0.1) is 0 Å². The molecule has 3 aromatic rings. The van der Waals surface area contributed by atoms with E-state index in [0.717, 1.165) is 54.4 Å². The van der Waals surface area contributed by atoms with Crippen molar-refractivity contribution in [3.63, 3.8) is 0 Å². The smallest absolute Gasteiger partial charge is 0.227 e. The van der Waals surface area contributed by atoms with E-state index in [1.165, 1.54) is 0 Å².